The molecule has 0 bridgehead atoms. The molecule has 2 heterocycles. The van der Waals surface area contributed by atoms with Crippen LogP contribution in [0.15, 0.2) is 6.07 Å². The molecule has 1 atom stereocenters. The van der Waals surface area contributed by atoms with E-state index in [9.17, 15) is 13.2 Å². The minimum absolute atomic E-state index is 0.116. The fourth-order valence-corrected chi connectivity index (χ4v) is 2.52. The third kappa shape index (κ3) is 4.21. The van der Waals surface area contributed by atoms with Crippen LogP contribution in [-0.4, -0.2) is 41.5 Å². The van der Waals surface area contributed by atoms with Crippen LogP contribution in [0.4, 0.5) is 19.0 Å². The zero-order chi connectivity index (χ0) is 14.8. The molecule has 0 saturated carbocycles. The van der Waals surface area contributed by atoms with Crippen molar-refractivity contribution in [2.45, 2.75) is 19.0 Å². The van der Waals surface area contributed by atoms with Crippen molar-refractivity contribution in [3.63, 3.8) is 0 Å². The van der Waals surface area contributed by atoms with Gasteiger partial charge in [-0.05, 0) is 44.0 Å². The first kappa shape index (κ1) is 15.3. The summed E-state index contributed by atoms with van der Waals surface area (Å²) >= 11 is 5.53. The van der Waals surface area contributed by atoms with Crippen molar-refractivity contribution in [3.05, 3.63) is 17.0 Å². The van der Waals surface area contributed by atoms with Gasteiger partial charge >= 0.3 is 6.18 Å². The van der Waals surface area contributed by atoms with Gasteiger partial charge in [0.05, 0.1) is 0 Å². The normalized spacial score (nSPS) is 20.9. The Kier molecular flexibility index (Phi) is 4.70. The monoisotopic (exact) mass is 308 g/mol. The van der Waals surface area contributed by atoms with Gasteiger partial charge in [0, 0.05) is 19.2 Å². The molecule has 1 aromatic heterocycles. The maximum Gasteiger partial charge on any atom is 0.433 e. The molecule has 1 fully saturated rings. The molecular weight excluding hydrogens is 293 g/mol. The first-order valence-electron chi connectivity index (χ1n) is 6.39. The Morgan fingerprint density at radius 3 is 2.85 bits per heavy atom. The number of anilines is 1. The van der Waals surface area contributed by atoms with E-state index in [4.69, 9.17) is 11.6 Å². The number of nitrogens with zero attached hydrogens (tertiary/aromatic N) is 3. The Hall–Kier alpha value is -1.08. The standard InChI is InChI=1S/C12H16ClF3N4/c1-20-4-2-3-8(7-20)6-17-10-5-9(12(14,15)16)18-11(13)19-10/h5,8H,2-4,6-7H2,1H3,(H,17,18,19). The van der Waals surface area contributed by atoms with E-state index in [1.807, 2.05) is 7.05 Å². The van der Waals surface area contributed by atoms with Gasteiger partial charge in [0.25, 0.3) is 0 Å². The van der Waals surface area contributed by atoms with Gasteiger partial charge in [-0.25, -0.2) is 9.97 Å². The third-order valence-electron chi connectivity index (χ3n) is 3.28. The maximum absolute atomic E-state index is 12.6. The average molecular weight is 309 g/mol. The van der Waals surface area contributed by atoms with Crippen molar-refractivity contribution in [1.82, 2.24) is 14.9 Å². The molecule has 1 N–H and O–H groups in total. The average Bonchev–Trinajstić information content (AvgIpc) is 2.35. The van der Waals surface area contributed by atoms with E-state index < -0.39 is 17.2 Å². The largest absolute Gasteiger partial charge is 0.433 e. The molecule has 8 heteroatoms. The summed E-state index contributed by atoms with van der Waals surface area (Å²) in [4.78, 5) is 9.19. The van der Waals surface area contributed by atoms with Crippen molar-refractivity contribution < 1.29 is 13.2 Å². The number of rotatable bonds is 3. The predicted molar refractivity (Wildman–Crippen MR) is 70.8 cm³/mol. The van der Waals surface area contributed by atoms with Crippen LogP contribution in [0.2, 0.25) is 5.28 Å². The fourth-order valence-electron chi connectivity index (χ4n) is 2.34. The first-order valence-corrected chi connectivity index (χ1v) is 6.76. The van der Waals surface area contributed by atoms with Gasteiger partial charge in [0.15, 0.2) is 5.69 Å². The summed E-state index contributed by atoms with van der Waals surface area (Å²) in [6.45, 7) is 2.57. The van der Waals surface area contributed by atoms with E-state index in [2.05, 4.69) is 20.2 Å². The van der Waals surface area contributed by atoms with Crippen LogP contribution in [0.25, 0.3) is 0 Å². The number of likely N-dealkylation sites (tertiary alicyclic amines) is 1. The number of nitrogens with one attached hydrogen (secondary N) is 1. The molecule has 1 aliphatic heterocycles. The summed E-state index contributed by atoms with van der Waals surface area (Å²) in [5.41, 5.74) is -1.03. The van der Waals surface area contributed by atoms with Gasteiger partial charge in [0.1, 0.15) is 5.82 Å². The van der Waals surface area contributed by atoms with Crippen LogP contribution in [0, 0.1) is 5.92 Å². The Balaban J connectivity index is 2.00. The number of aromatic nitrogens is 2. The Morgan fingerprint density at radius 2 is 2.20 bits per heavy atom. The zero-order valence-corrected chi connectivity index (χ0v) is 11.8. The van der Waals surface area contributed by atoms with Gasteiger partial charge in [-0.1, -0.05) is 0 Å². The summed E-state index contributed by atoms with van der Waals surface area (Å²) in [6.07, 6.45) is -2.36. The molecule has 4 nitrogen and oxygen atoms in total. The molecule has 1 saturated heterocycles. The second kappa shape index (κ2) is 6.13. The van der Waals surface area contributed by atoms with Crippen molar-refractivity contribution in [1.29, 1.82) is 0 Å². The molecule has 0 aromatic carbocycles. The molecule has 20 heavy (non-hydrogen) atoms. The summed E-state index contributed by atoms with van der Waals surface area (Å²) in [6, 6.07) is 0.887. The number of halogens is 4. The van der Waals surface area contributed by atoms with E-state index in [0.717, 1.165) is 32.0 Å². The molecule has 112 valence electrons. The van der Waals surface area contributed by atoms with E-state index in [-0.39, 0.29) is 5.82 Å². The molecule has 0 amide bonds. The van der Waals surface area contributed by atoms with Crippen LogP contribution >= 0.6 is 11.6 Å². The van der Waals surface area contributed by atoms with Crippen LogP contribution in [0.1, 0.15) is 18.5 Å². The lowest BCUT2D eigenvalue weighted by Crippen LogP contribution is -2.35. The lowest BCUT2D eigenvalue weighted by molar-refractivity contribution is -0.141. The van der Waals surface area contributed by atoms with Crippen molar-refractivity contribution >= 4 is 17.4 Å². The molecule has 1 aromatic rings. The van der Waals surface area contributed by atoms with Gasteiger partial charge in [0.2, 0.25) is 5.28 Å². The van der Waals surface area contributed by atoms with Crippen LogP contribution in [0.3, 0.4) is 0 Å². The number of hydrogen-bond acceptors (Lipinski definition) is 4. The van der Waals surface area contributed by atoms with Gasteiger partial charge in [-0.3, -0.25) is 0 Å². The van der Waals surface area contributed by atoms with E-state index in [1.54, 1.807) is 0 Å². The van der Waals surface area contributed by atoms with Crippen LogP contribution in [0.5, 0.6) is 0 Å². The topological polar surface area (TPSA) is 41.0 Å². The van der Waals surface area contributed by atoms with Crippen LogP contribution in [-0.2, 0) is 6.18 Å². The molecule has 2 rings (SSSR count). The molecular formula is C12H16ClF3N4. The third-order valence-corrected chi connectivity index (χ3v) is 3.45. The first-order chi connectivity index (χ1) is 9.34. The second-order valence-corrected chi connectivity index (χ2v) is 5.39. The van der Waals surface area contributed by atoms with Gasteiger partial charge < -0.3 is 10.2 Å². The van der Waals surface area contributed by atoms with Crippen molar-refractivity contribution in [2.24, 2.45) is 5.92 Å². The highest BCUT2D eigenvalue weighted by Gasteiger charge is 2.33. The van der Waals surface area contributed by atoms with E-state index in [1.165, 1.54) is 0 Å². The van der Waals surface area contributed by atoms with Crippen LogP contribution < -0.4 is 5.32 Å². The minimum atomic E-state index is -4.52. The number of piperidine rings is 1. The molecule has 1 aliphatic rings. The van der Waals surface area contributed by atoms with Gasteiger partial charge in [-0.2, -0.15) is 13.2 Å². The fraction of sp³-hybridized carbons (Fsp3) is 0.667. The quantitative estimate of drug-likeness (QED) is 0.872. The SMILES string of the molecule is CN1CCCC(CNc2cc(C(F)(F)F)nc(Cl)n2)C1. The summed E-state index contributed by atoms with van der Waals surface area (Å²) in [7, 11) is 2.04. The highest BCUT2D eigenvalue weighted by atomic mass is 35.5. The minimum Gasteiger partial charge on any atom is -0.370 e. The molecule has 0 aliphatic carbocycles. The molecule has 0 radical (unpaired) electrons. The Labute approximate surface area is 120 Å². The van der Waals surface area contributed by atoms with Crippen molar-refractivity contribution in [3.8, 4) is 0 Å². The lowest BCUT2D eigenvalue weighted by atomic mass is 9.98. The van der Waals surface area contributed by atoms with Crippen molar-refractivity contribution in [2.75, 3.05) is 32.0 Å². The summed E-state index contributed by atoms with van der Waals surface area (Å²) in [5.74, 6) is 0.516. The highest BCUT2D eigenvalue weighted by Crippen LogP contribution is 2.29. The number of alkyl halides is 3. The maximum atomic E-state index is 12.6. The summed E-state index contributed by atoms with van der Waals surface area (Å²) in [5, 5.41) is 2.53. The highest BCUT2D eigenvalue weighted by molar-refractivity contribution is 6.28. The van der Waals surface area contributed by atoms with E-state index >= 15 is 0 Å². The van der Waals surface area contributed by atoms with Gasteiger partial charge in [-0.15, -0.1) is 0 Å². The second-order valence-electron chi connectivity index (χ2n) is 5.06. The zero-order valence-electron chi connectivity index (χ0n) is 11.0. The smallest absolute Gasteiger partial charge is 0.370 e. The van der Waals surface area contributed by atoms with E-state index in [0.29, 0.717) is 12.5 Å². The molecule has 0 spiro atoms. The Morgan fingerprint density at radius 1 is 1.45 bits per heavy atom. The summed E-state index contributed by atoms with van der Waals surface area (Å²) < 4.78 is 37.8. The lowest BCUT2D eigenvalue weighted by Gasteiger charge is -2.29. The predicted octanol–water partition coefficient (Wildman–Crippen LogP) is 2.90. The molecule has 1 unspecified atom stereocenters. The number of hydrogen-bond donors (Lipinski definition) is 1. The Bertz CT molecular complexity index is 467.